The Morgan fingerprint density at radius 3 is 2.88 bits per heavy atom. The maximum Gasteiger partial charge on any atom is 0.238 e. The van der Waals surface area contributed by atoms with Gasteiger partial charge in [-0.1, -0.05) is 11.6 Å². The van der Waals surface area contributed by atoms with Crippen LogP contribution in [0.4, 0.5) is 11.4 Å². The van der Waals surface area contributed by atoms with Crippen LogP contribution in [0.3, 0.4) is 0 Å². The van der Waals surface area contributed by atoms with E-state index in [1.807, 2.05) is 7.05 Å². The quantitative estimate of drug-likeness (QED) is 0.807. The van der Waals surface area contributed by atoms with Gasteiger partial charge in [0.25, 0.3) is 0 Å². The molecule has 1 aliphatic carbocycles. The van der Waals surface area contributed by atoms with E-state index in [0.717, 1.165) is 0 Å². The number of hydrogen-bond donors (Lipinski definition) is 2. The molecular formula is C12H16ClN3O. The van der Waals surface area contributed by atoms with Crippen LogP contribution in [0.15, 0.2) is 18.2 Å². The summed E-state index contributed by atoms with van der Waals surface area (Å²) in [6.07, 6.45) is 2.37. The molecule has 0 saturated heterocycles. The predicted molar refractivity (Wildman–Crippen MR) is 70.1 cm³/mol. The van der Waals surface area contributed by atoms with Crippen molar-refractivity contribution in [2.75, 3.05) is 24.6 Å². The van der Waals surface area contributed by atoms with E-state index in [0.29, 0.717) is 29.0 Å². The molecule has 0 unspecified atom stereocenters. The fourth-order valence-corrected chi connectivity index (χ4v) is 1.89. The van der Waals surface area contributed by atoms with Crippen LogP contribution in [0.2, 0.25) is 5.02 Å². The molecule has 3 N–H and O–H groups in total. The average Bonchev–Trinajstić information content (AvgIpc) is 3.05. The number of nitrogens with two attached hydrogens (primary N) is 1. The third-order valence-electron chi connectivity index (χ3n) is 2.85. The zero-order chi connectivity index (χ0) is 12.4. The van der Waals surface area contributed by atoms with Crippen molar-refractivity contribution in [3.05, 3.63) is 23.2 Å². The van der Waals surface area contributed by atoms with Gasteiger partial charge in [0.15, 0.2) is 0 Å². The SMILES string of the molecule is CN(CC(=O)Nc1ccc(Cl)cc1N)C1CC1. The van der Waals surface area contributed by atoms with Gasteiger partial charge in [-0.25, -0.2) is 0 Å². The number of nitrogen functional groups attached to an aromatic ring is 1. The molecule has 0 radical (unpaired) electrons. The number of nitrogens with zero attached hydrogens (tertiary/aromatic N) is 1. The normalized spacial score (nSPS) is 15.0. The summed E-state index contributed by atoms with van der Waals surface area (Å²) in [5.41, 5.74) is 6.86. The fourth-order valence-electron chi connectivity index (χ4n) is 1.71. The van der Waals surface area contributed by atoms with E-state index in [1.54, 1.807) is 18.2 Å². The van der Waals surface area contributed by atoms with Crippen molar-refractivity contribution >= 4 is 28.9 Å². The number of benzene rings is 1. The molecule has 1 aliphatic rings. The lowest BCUT2D eigenvalue weighted by Gasteiger charge is -2.15. The van der Waals surface area contributed by atoms with E-state index in [9.17, 15) is 4.79 Å². The van der Waals surface area contributed by atoms with Crippen molar-refractivity contribution in [2.45, 2.75) is 18.9 Å². The number of carbonyl (C=O) groups is 1. The Bertz CT molecular complexity index is 432. The average molecular weight is 254 g/mol. The van der Waals surface area contributed by atoms with Gasteiger partial charge in [-0.15, -0.1) is 0 Å². The smallest absolute Gasteiger partial charge is 0.238 e. The minimum Gasteiger partial charge on any atom is -0.397 e. The highest BCUT2D eigenvalue weighted by molar-refractivity contribution is 6.31. The molecule has 5 heteroatoms. The van der Waals surface area contributed by atoms with Gasteiger partial charge in [0, 0.05) is 11.1 Å². The number of likely N-dealkylation sites (N-methyl/N-ethyl adjacent to an activating group) is 1. The Morgan fingerprint density at radius 1 is 1.59 bits per heavy atom. The van der Waals surface area contributed by atoms with E-state index in [2.05, 4.69) is 10.2 Å². The van der Waals surface area contributed by atoms with Crippen molar-refractivity contribution in [3.63, 3.8) is 0 Å². The van der Waals surface area contributed by atoms with Crippen molar-refractivity contribution in [1.29, 1.82) is 0 Å². The van der Waals surface area contributed by atoms with Crippen molar-refractivity contribution in [3.8, 4) is 0 Å². The number of anilines is 2. The Kier molecular flexibility index (Phi) is 3.54. The predicted octanol–water partition coefficient (Wildman–Crippen LogP) is 1.95. The summed E-state index contributed by atoms with van der Waals surface area (Å²) in [7, 11) is 1.96. The molecule has 0 bridgehead atoms. The van der Waals surface area contributed by atoms with E-state index in [4.69, 9.17) is 17.3 Å². The first-order valence-electron chi connectivity index (χ1n) is 5.61. The van der Waals surface area contributed by atoms with Crippen LogP contribution in [0.5, 0.6) is 0 Å². The van der Waals surface area contributed by atoms with Crippen LogP contribution in [-0.2, 0) is 4.79 Å². The van der Waals surface area contributed by atoms with Crippen molar-refractivity contribution in [2.24, 2.45) is 0 Å². The zero-order valence-electron chi connectivity index (χ0n) is 9.74. The highest BCUT2D eigenvalue weighted by atomic mass is 35.5. The maximum atomic E-state index is 11.8. The first kappa shape index (κ1) is 12.2. The second-order valence-electron chi connectivity index (χ2n) is 4.43. The summed E-state index contributed by atoms with van der Waals surface area (Å²) in [5.74, 6) is -0.0478. The molecule has 0 aliphatic heterocycles. The van der Waals surface area contributed by atoms with Crippen LogP contribution in [0, 0.1) is 0 Å². The van der Waals surface area contributed by atoms with Gasteiger partial charge in [-0.3, -0.25) is 9.69 Å². The largest absolute Gasteiger partial charge is 0.397 e. The highest BCUT2D eigenvalue weighted by Gasteiger charge is 2.27. The molecule has 1 aromatic carbocycles. The van der Waals surface area contributed by atoms with Crippen LogP contribution in [0.1, 0.15) is 12.8 Å². The second-order valence-corrected chi connectivity index (χ2v) is 4.86. The second kappa shape index (κ2) is 4.94. The van der Waals surface area contributed by atoms with E-state index in [1.165, 1.54) is 12.8 Å². The van der Waals surface area contributed by atoms with Crippen molar-refractivity contribution < 1.29 is 4.79 Å². The zero-order valence-corrected chi connectivity index (χ0v) is 10.5. The van der Waals surface area contributed by atoms with Crippen LogP contribution >= 0.6 is 11.6 Å². The third-order valence-corrected chi connectivity index (χ3v) is 3.09. The fraction of sp³-hybridized carbons (Fsp3) is 0.417. The van der Waals surface area contributed by atoms with E-state index in [-0.39, 0.29) is 5.91 Å². The summed E-state index contributed by atoms with van der Waals surface area (Å²) in [4.78, 5) is 13.8. The monoisotopic (exact) mass is 253 g/mol. The molecular weight excluding hydrogens is 238 g/mol. The number of hydrogen-bond acceptors (Lipinski definition) is 3. The Balaban J connectivity index is 1.92. The lowest BCUT2D eigenvalue weighted by Crippen LogP contribution is -2.31. The minimum atomic E-state index is -0.0478. The van der Waals surface area contributed by atoms with Crippen LogP contribution in [0.25, 0.3) is 0 Å². The lowest BCUT2D eigenvalue weighted by atomic mass is 10.2. The molecule has 0 atom stereocenters. The topological polar surface area (TPSA) is 58.4 Å². The van der Waals surface area contributed by atoms with E-state index < -0.39 is 0 Å². The summed E-state index contributed by atoms with van der Waals surface area (Å²) in [6, 6.07) is 5.62. The van der Waals surface area contributed by atoms with Gasteiger partial charge < -0.3 is 11.1 Å². The van der Waals surface area contributed by atoms with Gasteiger partial charge in [-0.2, -0.15) is 0 Å². The number of amides is 1. The van der Waals surface area contributed by atoms with Crippen LogP contribution in [-0.4, -0.2) is 30.4 Å². The van der Waals surface area contributed by atoms with Gasteiger partial charge in [0.1, 0.15) is 0 Å². The summed E-state index contributed by atoms with van der Waals surface area (Å²) in [5, 5.41) is 3.35. The first-order chi connectivity index (χ1) is 8.06. The minimum absolute atomic E-state index is 0.0478. The molecule has 1 amide bonds. The summed E-state index contributed by atoms with van der Waals surface area (Å²) >= 11 is 5.79. The lowest BCUT2D eigenvalue weighted by molar-refractivity contribution is -0.117. The molecule has 92 valence electrons. The Labute approximate surface area is 106 Å². The summed E-state index contributed by atoms with van der Waals surface area (Å²) < 4.78 is 0. The highest BCUT2D eigenvalue weighted by Crippen LogP contribution is 2.25. The van der Waals surface area contributed by atoms with Crippen LogP contribution < -0.4 is 11.1 Å². The maximum absolute atomic E-state index is 11.8. The van der Waals surface area contributed by atoms with Gasteiger partial charge >= 0.3 is 0 Å². The number of halogens is 1. The molecule has 4 nitrogen and oxygen atoms in total. The molecule has 1 aromatic rings. The molecule has 17 heavy (non-hydrogen) atoms. The van der Waals surface area contributed by atoms with E-state index >= 15 is 0 Å². The molecule has 0 aromatic heterocycles. The van der Waals surface area contributed by atoms with Gasteiger partial charge in [-0.05, 0) is 38.1 Å². The molecule has 2 rings (SSSR count). The van der Waals surface area contributed by atoms with Gasteiger partial charge in [0.2, 0.25) is 5.91 Å². The molecule has 0 spiro atoms. The van der Waals surface area contributed by atoms with Crippen molar-refractivity contribution in [1.82, 2.24) is 4.90 Å². The summed E-state index contributed by atoms with van der Waals surface area (Å²) in [6.45, 7) is 0.396. The molecule has 1 saturated carbocycles. The Morgan fingerprint density at radius 2 is 2.29 bits per heavy atom. The first-order valence-corrected chi connectivity index (χ1v) is 5.99. The van der Waals surface area contributed by atoms with Gasteiger partial charge in [0.05, 0.1) is 17.9 Å². The molecule has 0 heterocycles. The third kappa shape index (κ3) is 3.35. The Hall–Kier alpha value is -1.26. The number of carbonyl (C=O) groups excluding carboxylic acids is 1. The number of nitrogens with one attached hydrogen (secondary N) is 1. The standard InChI is InChI=1S/C12H16ClN3O/c1-16(9-3-4-9)7-12(17)15-11-5-2-8(13)6-10(11)14/h2,5-6,9H,3-4,7,14H2,1H3,(H,15,17). The number of rotatable bonds is 4. The molecule has 1 fully saturated rings.